The molecule has 120 valence electrons. The molecule has 5 heteroatoms. The van der Waals surface area contributed by atoms with Gasteiger partial charge < -0.3 is 9.47 Å². The minimum absolute atomic E-state index is 0.0242. The Bertz CT molecular complexity index is 837. The molecule has 0 unspecified atom stereocenters. The van der Waals surface area contributed by atoms with Gasteiger partial charge in [-0.2, -0.15) is 0 Å². The molecule has 0 aliphatic heterocycles. The fraction of sp³-hybridized carbons (Fsp3) is 0.0526. The van der Waals surface area contributed by atoms with E-state index in [9.17, 15) is 9.18 Å². The van der Waals surface area contributed by atoms with E-state index < -0.39 is 11.8 Å². The summed E-state index contributed by atoms with van der Waals surface area (Å²) in [4.78, 5) is 16.0. The number of ether oxygens (including phenoxy) is 2. The number of para-hydroxylation sites is 1. The van der Waals surface area contributed by atoms with Crippen LogP contribution in [0.5, 0.6) is 11.5 Å². The second-order valence-corrected chi connectivity index (χ2v) is 4.95. The summed E-state index contributed by atoms with van der Waals surface area (Å²) in [5, 5.41) is 0. The Kier molecular flexibility index (Phi) is 4.81. The molecule has 0 aliphatic carbocycles. The van der Waals surface area contributed by atoms with Gasteiger partial charge >= 0.3 is 5.97 Å². The first-order valence-electron chi connectivity index (χ1n) is 7.31. The monoisotopic (exact) mass is 323 g/mol. The number of benzene rings is 2. The minimum atomic E-state index is -0.718. The van der Waals surface area contributed by atoms with E-state index in [1.54, 1.807) is 42.7 Å². The Morgan fingerprint density at radius 1 is 1.00 bits per heavy atom. The third-order valence-corrected chi connectivity index (χ3v) is 3.29. The van der Waals surface area contributed by atoms with Gasteiger partial charge in [0.15, 0.2) is 0 Å². The van der Waals surface area contributed by atoms with E-state index in [1.807, 2.05) is 12.1 Å². The predicted octanol–water partition coefficient (Wildman–Crippen LogP) is 4.37. The SMILES string of the molecule is O=C(OCc1ccccc1Oc1cccnc1)c1ccccc1F. The smallest absolute Gasteiger partial charge is 0.341 e. The molecule has 24 heavy (non-hydrogen) atoms. The van der Waals surface area contributed by atoms with Crippen LogP contribution >= 0.6 is 0 Å². The molecule has 0 N–H and O–H groups in total. The third-order valence-electron chi connectivity index (χ3n) is 3.29. The number of hydrogen-bond acceptors (Lipinski definition) is 4. The summed E-state index contributed by atoms with van der Waals surface area (Å²) < 4.78 is 24.5. The van der Waals surface area contributed by atoms with Crippen LogP contribution in [0.2, 0.25) is 0 Å². The molecule has 0 bridgehead atoms. The van der Waals surface area contributed by atoms with E-state index in [1.165, 1.54) is 18.2 Å². The zero-order valence-corrected chi connectivity index (χ0v) is 12.7. The van der Waals surface area contributed by atoms with Crippen molar-refractivity contribution in [2.45, 2.75) is 6.61 Å². The van der Waals surface area contributed by atoms with Crippen LogP contribution in [0, 0.1) is 5.82 Å². The highest BCUT2D eigenvalue weighted by Gasteiger charge is 2.13. The number of carbonyl (C=O) groups excluding carboxylic acids is 1. The molecule has 0 radical (unpaired) electrons. The molecule has 1 aromatic heterocycles. The van der Waals surface area contributed by atoms with Crippen LogP contribution < -0.4 is 4.74 Å². The molecule has 0 atom stereocenters. The number of carbonyl (C=O) groups is 1. The van der Waals surface area contributed by atoms with Gasteiger partial charge in [0, 0.05) is 11.8 Å². The van der Waals surface area contributed by atoms with E-state index in [0.717, 1.165) is 0 Å². The number of pyridine rings is 1. The quantitative estimate of drug-likeness (QED) is 0.654. The van der Waals surface area contributed by atoms with Gasteiger partial charge in [-0.1, -0.05) is 30.3 Å². The second-order valence-electron chi connectivity index (χ2n) is 4.95. The Morgan fingerprint density at radius 3 is 2.58 bits per heavy atom. The number of hydrogen-bond donors (Lipinski definition) is 0. The Labute approximate surface area is 138 Å². The summed E-state index contributed by atoms with van der Waals surface area (Å²) in [5.74, 6) is -0.205. The topological polar surface area (TPSA) is 48.4 Å². The standard InChI is InChI=1S/C19H14FNO3/c20-17-9-3-2-8-16(17)19(22)23-13-14-6-1-4-10-18(14)24-15-7-5-11-21-12-15/h1-12H,13H2. The average molecular weight is 323 g/mol. The Balaban J connectivity index is 1.72. The molecular formula is C19H14FNO3. The zero-order valence-electron chi connectivity index (χ0n) is 12.7. The highest BCUT2D eigenvalue weighted by atomic mass is 19.1. The molecule has 3 rings (SSSR count). The highest BCUT2D eigenvalue weighted by molar-refractivity contribution is 5.89. The van der Waals surface area contributed by atoms with Crippen LogP contribution in [0.15, 0.2) is 73.1 Å². The summed E-state index contributed by atoms with van der Waals surface area (Å²) in [6.07, 6.45) is 3.23. The Hall–Kier alpha value is -3.21. The molecule has 1 heterocycles. The van der Waals surface area contributed by atoms with Gasteiger partial charge in [-0.3, -0.25) is 4.98 Å². The van der Waals surface area contributed by atoms with Crippen LogP contribution in [-0.4, -0.2) is 11.0 Å². The minimum Gasteiger partial charge on any atom is -0.457 e. The van der Waals surface area contributed by atoms with Crippen molar-refractivity contribution in [2.75, 3.05) is 0 Å². The van der Waals surface area contributed by atoms with Crippen molar-refractivity contribution in [1.29, 1.82) is 0 Å². The van der Waals surface area contributed by atoms with Crippen LogP contribution in [0.3, 0.4) is 0 Å². The second kappa shape index (κ2) is 7.37. The lowest BCUT2D eigenvalue weighted by Gasteiger charge is -2.11. The van der Waals surface area contributed by atoms with Crippen molar-refractivity contribution in [2.24, 2.45) is 0 Å². The van der Waals surface area contributed by atoms with E-state index in [0.29, 0.717) is 17.1 Å². The van der Waals surface area contributed by atoms with Gasteiger partial charge in [-0.15, -0.1) is 0 Å². The normalized spacial score (nSPS) is 10.2. The van der Waals surface area contributed by atoms with Crippen LogP contribution in [0.25, 0.3) is 0 Å². The lowest BCUT2D eigenvalue weighted by Crippen LogP contribution is -2.08. The highest BCUT2D eigenvalue weighted by Crippen LogP contribution is 2.25. The predicted molar refractivity (Wildman–Crippen MR) is 86.3 cm³/mol. The maximum Gasteiger partial charge on any atom is 0.341 e. The summed E-state index contributed by atoms with van der Waals surface area (Å²) >= 11 is 0. The first kappa shape index (κ1) is 15.7. The number of nitrogens with zero attached hydrogens (tertiary/aromatic N) is 1. The number of esters is 1. The van der Waals surface area contributed by atoms with E-state index in [-0.39, 0.29) is 12.2 Å². The van der Waals surface area contributed by atoms with E-state index in [4.69, 9.17) is 9.47 Å². The fourth-order valence-corrected chi connectivity index (χ4v) is 2.10. The van der Waals surface area contributed by atoms with Crippen molar-refractivity contribution < 1.29 is 18.7 Å². The van der Waals surface area contributed by atoms with Gasteiger partial charge in [0.25, 0.3) is 0 Å². The van der Waals surface area contributed by atoms with Crippen molar-refractivity contribution in [1.82, 2.24) is 4.98 Å². The van der Waals surface area contributed by atoms with Crippen LogP contribution in [0.4, 0.5) is 4.39 Å². The van der Waals surface area contributed by atoms with Crippen LogP contribution in [-0.2, 0) is 11.3 Å². The lowest BCUT2D eigenvalue weighted by atomic mass is 10.2. The molecule has 0 amide bonds. The summed E-state index contributed by atoms with van der Waals surface area (Å²) in [5.41, 5.74) is 0.578. The largest absolute Gasteiger partial charge is 0.457 e. The van der Waals surface area contributed by atoms with Crippen molar-refractivity contribution >= 4 is 5.97 Å². The number of rotatable bonds is 5. The van der Waals surface area contributed by atoms with Gasteiger partial charge in [-0.05, 0) is 30.3 Å². The van der Waals surface area contributed by atoms with Crippen molar-refractivity contribution in [3.63, 3.8) is 0 Å². The molecule has 0 aliphatic rings. The third kappa shape index (κ3) is 3.76. The van der Waals surface area contributed by atoms with E-state index >= 15 is 0 Å². The fourth-order valence-electron chi connectivity index (χ4n) is 2.10. The number of aromatic nitrogens is 1. The van der Waals surface area contributed by atoms with Crippen molar-refractivity contribution in [3.8, 4) is 11.5 Å². The first-order chi connectivity index (χ1) is 11.7. The molecule has 0 spiro atoms. The molecule has 3 aromatic rings. The maximum absolute atomic E-state index is 13.6. The zero-order chi connectivity index (χ0) is 16.8. The van der Waals surface area contributed by atoms with Gasteiger partial charge in [-0.25, -0.2) is 9.18 Å². The van der Waals surface area contributed by atoms with Crippen LogP contribution in [0.1, 0.15) is 15.9 Å². The molecule has 2 aromatic carbocycles. The van der Waals surface area contributed by atoms with Crippen molar-refractivity contribution in [3.05, 3.63) is 90.0 Å². The molecular weight excluding hydrogens is 309 g/mol. The maximum atomic E-state index is 13.6. The molecule has 0 saturated heterocycles. The molecule has 0 fully saturated rings. The summed E-state index contributed by atoms with van der Waals surface area (Å²) in [7, 11) is 0. The Morgan fingerprint density at radius 2 is 1.79 bits per heavy atom. The number of halogens is 1. The van der Waals surface area contributed by atoms with E-state index in [2.05, 4.69) is 4.98 Å². The average Bonchev–Trinajstić information content (AvgIpc) is 2.62. The summed E-state index contributed by atoms with van der Waals surface area (Å²) in [6.45, 7) is -0.0242. The first-order valence-corrected chi connectivity index (χ1v) is 7.31. The molecule has 0 saturated carbocycles. The van der Waals surface area contributed by atoms with Gasteiger partial charge in [0.1, 0.15) is 23.9 Å². The lowest BCUT2D eigenvalue weighted by molar-refractivity contribution is 0.0465. The van der Waals surface area contributed by atoms with Gasteiger partial charge in [0.05, 0.1) is 11.8 Å². The molecule has 4 nitrogen and oxygen atoms in total. The summed E-state index contributed by atoms with van der Waals surface area (Å²) in [6, 6.07) is 16.4. The van der Waals surface area contributed by atoms with Gasteiger partial charge in [0.2, 0.25) is 0 Å².